The van der Waals surface area contributed by atoms with Gasteiger partial charge in [-0.2, -0.15) is 0 Å². The van der Waals surface area contributed by atoms with E-state index in [0.717, 1.165) is 36.5 Å². The summed E-state index contributed by atoms with van der Waals surface area (Å²) in [5.41, 5.74) is 4.56. The highest BCUT2D eigenvalue weighted by molar-refractivity contribution is 5.61. The number of anilines is 1. The molecule has 0 aliphatic rings. The molecule has 23 heavy (non-hydrogen) atoms. The van der Waals surface area contributed by atoms with Crippen LogP contribution in [0.5, 0.6) is 0 Å². The first-order chi connectivity index (χ1) is 11.4. The topological polar surface area (TPSA) is 37.8 Å². The summed E-state index contributed by atoms with van der Waals surface area (Å²) in [6.45, 7) is 3.00. The number of aromatic nitrogens is 2. The van der Waals surface area contributed by atoms with Gasteiger partial charge in [0.1, 0.15) is 0 Å². The third-order valence-corrected chi connectivity index (χ3v) is 3.87. The molecule has 2 aromatic carbocycles. The van der Waals surface area contributed by atoms with Gasteiger partial charge in [-0.25, -0.2) is 0 Å². The highest BCUT2D eigenvalue weighted by atomic mass is 15.2. The van der Waals surface area contributed by atoms with Gasteiger partial charge in [-0.05, 0) is 30.0 Å². The Morgan fingerprint density at radius 1 is 0.870 bits per heavy atom. The molecule has 0 radical (unpaired) electrons. The third kappa shape index (κ3) is 3.95. The molecule has 3 aromatic rings. The van der Waals surface area contributed by atoms with E-state index in [1.807, 2.05) is 24.3 Å². The van der Waals surface area contributed by atoms with E-state index in [1.54, 1.807) is 0 Å². The Hall–Kier alpha value is -2.68. The first-order valence-corrected chi connectivity index (χ1v) is 8.06. The van der Waals surface area contributed by atoms with Gasteiger partial charge >= 0.3 is 0 Å². The van der Waals surface area contributed by atoms with Crippen molar-refractivity contribution < 1.29 is 0 Å². The van der Waals surface area contributed by atoms with Gasteiger partial charge in [0.25, 0.3) is 0 Å². The van der Waals surface area contributed by atoms with Gasteiger partial charge in [-0.1, -0.05) is 67.6 Å². The monoisotopic (exact) mass is 303 g/mol. The van der Waals surface area contributed by atoms with Crippen LogP contribution in [0.1, 0.15) is 18.1 Å². The van der Waals surface area contributed by atoms with E-state index in [1.165, 1.54) is 11.1 Å². The van der Waals surface area contributed by atoms with Crippen LogP contribution in [0.3, 0.4) is 0 Å². The maximum Gasteiger partial charge on any atom is 0.151 e. The van der Waals surface area contributed by atoms with Crippen molar-refractivity contribution >= 4 is 5.82 Å². The molecule has 0 saturated heterocycles. The number of hydrogen-bond donors (Lipinski definition) is 1. The van der Waals surface area contributed by atoms with Crippen LogP contribution >= 0.6 is 0 Å². The van der Waals surface area contributed by atoms with Crippen molar-refractivity contribution in [2.75, 3.05) is 11.9 Å². The molecular formula is C20H21N3. The average Bonchev–Trinajstić information content (AvgIpc) is 2.63. The van der Waals surface area contributed by atoms with E-state index in [0.29, 0.717) is 0 Å². The lowest BCUT2D eigenvalue weighted by Gasteiger charge is -2.11. The summed E-state index contributed by atoms with van der Waals surface area (Å²) in [5, 5.41) is 12.2. The SMILES string of the molecule is CCc1cc(-c2ccccc2)nnc1NCCc1ccccc1. The van der Waals surface area contributed by atoms with Gasteiger partial charge in [-0.3, -0.25) is 0 Å². The van der Waals surface area contributed by atoms with Gasteiger partial charge in [0.2, 0.25) is 0 Å². The fraction of sp³-hybridized carbons (Fsp3) is 0.200. The largest absolute Gasteiger partial charge is 0.368 e. The zero-order valence-electron chi connectivity index (χ0n) is 13.4. The molecule has 0 amide bonds. The van der Waals surface area contributed by atoms with E-state index in [9.17, 15) is 0 Å². The third-order valence-electron chi connectivity index (χ3n) is 3.87. The summed E-state index contributed by atoms with van der Waals surface area (Å²) in [6, 6.07) is 22.8. The van der Waals surface area contributed by atoms with E-state index in [2.05, 4.69) is 64.9 Å². The van der Waals surface area contributed by atoms with Gasteiger partial charge in [0, 0.05) is 12.1 Å². The number of nitrogens with one attached hydrogen (secondary N) is 1. The Morgan fingerprint density at radius 3 is 2.26 bits per heavy atom. The van der Waals surface area contributed by atoms with Crippen LogP contribution < -0.4 is 5.32 Å². The minimum Gasteiger partial charge on any atom is -0.368 e. The average molecular weight is 303 g/mol. The van der Waals surface area contributed by atoms with Crippen LogP contribution in [0.2, 0.25) is 0 Å². The van der Waals surface area contributed by atoms with Gasteiger partial charge in [-0.15, -0.1) is 10.2 Å². The van der Waals surface area contributed by atoms with Crippen LogP contribution in [0.4, 0.5) is 5.82 Å². The number of benzene rings is 2. The molecule has 0 aliphatic carbocycles. The number of hydrogen-bond acceptors (Lipinski definition) is 3. The highest BCUT2D eigenvalue weighted by Gasteiger charge is 2.07. The lowest BCUT2D eigenvalue weighted by Crippen LogP contribution is -2.09. The molecule has 0 fully saturated rings. The molecule has 0 atom stereocenters. The minimum absolute atomic E-state index is 0.858. The predicted molar refractivity (Wildman–Crippen MR) is 95.5 cm³/mol. The number of rotatable bonds is 6. The van der Waals surface area contributed by atoms with E-state index in [4.69, 9.17) is 0 Å². The Bertz CT molecular complexity index is 739. The molecule has 1 N–H and O–H groups in total. The van der Waals surface area contributed by atoms with E-state index in [-0.39, 0.29) is 0 Å². The molecule has 0 saturated carbocycles. The second-order valence-electron chi connectivity index (χ2n) is 5.49. The Balaban J connectivity index is 1.70. The summed E-state index contributed by atoms with van der Waals surface area (Å²) < 4.78 is 0. The molecule has 0 spiro atoms. The van der Waals surface area contributed by atoms with Gasteiger partial charge < -0.3 is 5.32 Å². The fourth-order valence-corrected chi connectivity index (χ4v) is 2.57. The first-order valence-electron chi connectivity index (χ1n) is 8.06. The molecule has 1 aromatic heterocycles. The van der Waals surface area contributed by atoms with Crippen LogP contribution in [0.25, 0.3) is 11.3 Å². The van der Waals surface area contributed by atoms with E-state index < -0.39 is 0 Å². The molecule has 3 heteroatoms. The molecule has 0 unspecified atom stereocenters. The lowest BCUT2D eigenvalue weighted by molar-refractivity contribution is 0.944. The maximum atomic E-state index is 4.40. The molecule has 116 valence electrons. The Morgan fingerprint density at radius 2 is 1.57 bits per heavy atom. The van der Waals surface area contributed by atoms with Gasteiger partial charge in [0.05, 0.1) is 5.69 Å². The zero-order chi connectivity index (χ0) is 15.9. The van der Waals surface area contributed by atoms with Crippen LogP contribution in [-0.4, -0.2) is 16.7 Å². The molecule has 0 bridgehead atoms. The summed E-state index contributed by atoms with van der Waals surface area (Å²) in [6.07, 6.45) is 1.91. The van der Waals surface area contributed by atoms with Crippen LogP contribution in [0.15, 0.2) is 66.7 Å². The molecule has 3 rings (SSSR count). The fourth-order valence-electron chi connectivity index (χ4n) is 2.57. The molecule has 3 nitrogen and oxygen atoms in total. The van der Waals surface area contributed by atoms with Crippen molar-refractivity contribution in [1.29, 1.82) is 0 Å². The second-order valence-corrected chi connectivity index (χ2v) is 5.49. The van der Waals surface area contributed by atoms with Crippen LogP contribution in [0, 0.1) is 0 Å². The van der Waals surface area contributed by atoms with Crippen molar-refractivity contribution in [3.63, 3.8) is 0 Å². The smallest absolute Gasteiger partial charge is 0.151 e. The normalized spacial score (nSPS) is 10.5. The summed E-state index contributed by atoms with van der Waals surface area (Å²) >= 11 is 0. The van der Waals surface area contributed by atoms with Crippen molar-refractivity contribution in [2.24, 2.45) is 0 Å². The standard InChI is InChI=1S/C20H21N3/c1-2-17-15-19(18-11-7-4-8-12-18)22-23-20(17)21-14-13-16-9-5-3-6-10-16/h3-12,15H,2,13-14H2,1H3,(H,21,23). The minimum atomic E-state index is 0.858. The second kappa shape index (κ2) is 7.54. The van der Waals surface area contributed by atoms with E-state index >= 15 is 0 Å². The summed E-state index contributed by atoms with van der Waals surface area (Å²) in [7, 11) is 0. The van der Waals surface area contributed by atoms with Crippen LogP contribution in [-0.2, 0) is 12.8 Å². The predicted octanol–water partition coefficient (Wildman–Crippen LogP) is 4.36. The summed E-state index contributed by atoms with van der Waals surface area (Å²) in [4.78, 5) is 0. The maximum absolute atomic E-state index is 4.40. The molecule has 1 heterocycles. The Labute approximate surface area is 137 Å². The van der Waals surface area contributed by atoms with Crippen molar-refractivity contribution in [3.8, 4) is 11.3 Å². The number of aryl methyl sites for hydroxylation is 1. The quantitative estimate of drug-likeness (QED) is 0.735. The van der Waals surface area contributed by atoms with Crippen molar-refractivity contribution in [1.82, 2.24) is 10.2 Å². The molecule has 0 aliphatic heterocycles. The number of nitrogens with zero attached hydrogens (tertiary/aromatic N) is 2. The Kier molecular flexibility index (Phi) is 4.99. The lowest BCUT2D eigenvalue weighted by atomic mass is 10.1. The van der Waals surface area contributed by atoms with Crippen molar-refractivity contribution in [3.05, 3.63) is 77.9 Å². The molecular weight excluding hydrogens is 282 g/mol. The summed E-state index contributed by atoms with van der Waals surface area (Å²) in [5.74, 6) is 0.892. The zero-order valence-corrected chi connectivity index (χ0v) is 13.4. The van der Waals surface area contributed by atoms with Crippen molar-refractivity contribution in [2.45, 2.75) is 19.8 Å². The highest BCUT2D eigenvalue weighted by Crippen LogP contribution is 2.21. The first kappa shape index (κ1) is 15.2. The van der Waals surface area contributed by atoms with Gasteiger partial charge in [0.15, 0.2) is 5.82 Å².